The SMILES string of the molecule is CC1(C)CC(CC(=O)CI)C(C)(C)N1O. The van der Waals surface area contributed by atoms with Crippen LogP contribution in [0.2, 0.25) is 0 Å². The van der Waals surface area contributed by atoms with Gasteiger partial charge in [-0.2, -0.15) is 5.06 Å². The highest BCUT2D eigenvalue weighted by Crippen LogP contribution is 2.45. The Morgan fingerprint density at radius 2 is 2.00 bits per heavy atom. The first-order valence-corrected chi connectivity index (χ1v) is 6.81. The number of ketones is 1. The average molecular weight is 325 g/mol. The molecular formula is C11H20INO2. The molecular weight excluding hydrogens is 305 g/mol. The fourth-order valence-corrected chi connectivity index (χ4v) is 2.85. The summed E-state index contributed by atoms with van der Waals surface area (Å²) in [6.07, 6.45) is 1.45. The van der Waals surface area contributed by atoms with Crippen LogP contribution in [0, 0.1) is 5.92 Å². The lowest BCUT2D eigenvalue weighted by Crippen LogP contribution is -2.47. The van der Waals surface area contributed by atoms with Crippen molar-refractivity contribution in [1.29, 1.82) is 0 Å². The average Bonchev–Trinajstić information content (AvgIpc) is 2.27. The smallest absolute Gasteiger partial charge is 0.142 e. The molecule has 1 atom stereocenters. The topological polar surface area (TPSA) is 40.5 Å². The molecule has 0 radical (unpaired) electrons. The summed E-state index contributed by atoms with van der Waals surface area (Å²) in [5, 5.41) is 11.5. The van der Waals surface area contributed by atoms with Crippen molar-refractivity contribution in [2.24, 2.45) is 5.92 Å². The number of hydrogen-bond donors (Lipinski definition) is 1. The Balaban J connectivity index is 2.80. The zero-order chi connectivity index (χ0) is 11.9. The van der Waals surface area contributed by atoms with E-state index in [9.17, 15) is 10.0 Å². The van der Waals surface area contributed by atoms with E-state index in [0.29, 0.717) is 10.8 Å². The standard InChI is InChI=1S/C11H20INO2/c1-10(2)6-8(5-9(14)7-12)11(3,4)13(10)15/h8,15H,5-7H2,1-4H3. The molecule has 0 aromatic heterocycles. The third kappa shape index (κ3) is 2.53. The van der Waals surface area contributed by atoms with E-state index in [-0.39, 0.29) is 22.8 Å². The summed E-state index contributed by atoms with van der Waals surface area (Å²) in [4.78, 5) is 11.5. The highest BCUT2D eigenvalue weighted by atomic mass is 127. The van der Waals surface area contributed by atoms with Crippen molar-refractivity contribution in [2.45, 2.75) is 51.6 Å². The predicted octanol–water partition coefficient (Wildman–Crippen LogP) is 2.65. The van der Waals surface area contributed by atoms with E-state index < -0.39 is 0 Å². The predicted molar refractivity (Wildman–Crippen MR) is 68.4 cm³/mol. The molecule has 1 N–H and O–H groups in total. The molecule has 0 saturated carbocycles. The molecule has 0 aromatic carbocycles. The second kappa shape index (κ2) is 4.30. The maximum absolute atomic E-state index is 11.5. The van der Waals surface area contributed by atoms with Crippen LogP contribution in [-0.2, 0) is 4.79 Å². The quantitative estimate of drug-likeness (QED) is 0.641. The van der Waals surface area contributed by atoms with Crippen LogP contribution in [-0.4, -0.2) is 31.6 Å². The van der Waals surface area contributed by atoms with Crippen LogP contribution in [0.1, 0.15) is 40.5 Å². The Labute approximate surface area is 105 Å². The van der Waals surface area contributed by atoms with Crippen molar-refractivity contribution in [2.75, 3.05) is 4.43 Å². The maximum atomic E-state index is 11.5. The van der Waals surface area contributed by atoms with Gasteiger partial charge in [0.05, 0.1) is 4.43 Å². The van der Waals surface area contributed by atoms with Crippen LogP contribution in [0.5, 0.6) is 0 Å². The van der Waals surface area contributed by atoms with Crippen molar-refractivity contribution in [1.82, 2.24) is 5.06 Å². The van der Waals surface area contributed by atoms with Gasteiger partial charge in [0.25, 0.3) is 0 Å². The van der Waals surface area contributed by atoms with E-state index in [0.717, 1.165) is 6.42 Å². The summed E-state index contributed by atoms with van der Waals surface area (Å²) in [5.41, 5.74) is -0.523. The van der Waals surface area contributed by atoms with Crippen molar-refractivity contribution < 1.29 is 10.0 Å². The molecule has 4 heteroatoms. The van der Waals surface area contributed by atoms with Gasteiger partial charge in [-0.25, -0.2) is 0 Å². The van der Waals surface area contributed by atoms with E-state index in [1.54, 1.807) is 0 Å². The Kier molecular flexibility index (Phi) is 3.83. The lowest BCUT2D eigenvalue weighted by molar-refractivity contribution is -0.196. The Hall–Kier alpha value is 0.320. The van der Waals surface area contributed by atoms with Crippen LogP contribution in [0.3, 0.4) is 0 Å². The first-order valence-electron chi connectivity index (χ1n) is 5.28. The van der Waals surface area contributed by atoms with Crippen molar-refractivity contribution >= 4 is 28.4 Å². The molecule has 0 bridgehead atoms. The molecule has 1 fully saturated rings. The lowest BCUT2D eigenvalue weighted by Gasteiger charge is -2.35. The fourth-order valence-electron chi connectivity index (χ4n) is 2.54. The third-order valence-electron chi connectivity index (χ3n) is 3.49. The maximum Gasteiger partial charge on any atom is 0.142 e. The van der Waals surface area contributed by atoms with Crippen LogP contribution < -0.4 is 0 Å². The molecule has 0 aliphatic carbocycles. The van der Waals surface area contributed by atoms with Crippen molar-refractivity contribution in [3.05, 3.63) is 0 Å². The zero-order valence-corrected chi connectivity index (χ0v) is 12.0. The number of halogens is 1. The summed E-state index contributed by atoms with van der Waals surface area (Å²) >= 11 is 2.10. The molecule has 1 aliphatic rings. The van der Waals surface area contributed by atoms with Crippen LogP contribution in [0.15, 0.2) is 0 Å². The molecule has 0 aromatic rings. The van der Waals surface area contributed by atoms with Gasteiger partial charge in [-0.1, -0.05) is 22.6 Å². The number of carbonyl (C=O) groups excluding carboxylic acids is 1. The monoisotopic (exact) mass is 325 g/mol. The Morgan fingerprint density at radius 3 is 2.33 bits per heavy atom. The van der Waals surface area contributed by atoms with Gasteiger partial charge >= 0.3 is 0 Å². The first kappa shape index (κ1) is 13.4. The van der Waals surface area contributed by atoms with Crippen LogP contribution in [0.25, 0.3) is 0 Å². The summed E-state index contributed by atoms with van der Waals surface area (Å²) in [5.74, 6) is 0.527. The lowest BCUT2D eigenvalue weighted by atomic mass is 9.83. The molecule has 0 amide bonds. The summed E-state index contributed by atoms with van der Waals surface area (Å²) in [6.45, 7) is 8.05. The number of carbonyl (C=O) groups is 1. The van der Waals surface area contributed by atoms with E-state index in [1.807, 2.05) is 27.7 Å². The van der Waals surface area contributed by atoms with Gasteiger partial charge < -0.3 is 5.21 Å². The molecule has 1 saturated heterocycles. The first-order chi connectivity index (χ1) is 6.71. The van der Waals surface area contributed by atoms with Crippen molar-refractivity contribution in [3.8, 4) is 0 Å². The van der Waals surface area contributed by atoms with Gasteiger partial charge in [-0.05, 0) is 40.0 Å². The molecule has 1 aliphatic heterocycles. The minimum Gasteiger partial charge on any atom is -0.313 e. The number of nitrogens with zero attached hydrogens (tertiary/aromatic N) is 1. The molecule has 1 unspecified atom stereocenters. The van der Waals surface area contributed by atoms with Gasteiger partial charge in [0.1, 0.15) is 5.78 Å². The summed E-state index contributed by atoms with van der Waals surface area (Å²) in [7, 11) is 0. The van der Waals surface area contributed by atoms with E-state index >= 15 is 0 Å². The largest absolute Gasteiger partial charge is 0.313 e. The normalized spacial score (nSPS) is 29.3. The van der Waals surface area contributed by atoms with Gasteiger partial charge in [-0.3, -0.25) is 4.79 Å². The second-order valence-corrected chi connectivity index (χ2v) is 6.32. The number of alkyl halides is 1. The number of Topliss-reactive ketones (excluding diaryl/α,β-unsaturated/α-hetero) is 1. The number of hydroxylamine groups is 2. The summed E-state index contributed by atoms with van der Waals surface area (Å²) < 4.78 is 0.566. The number of rotatable bonds is 3. The summed E-state index contributed by atoms with van der Waals surface area (Å²) in [6, 6.07) is 0. The minimum atomic E-state index is -0.301. The fraction of sp³-hybridized carbons (Fsp3) is 0.909. The van der Waals surface area contributed by atoms with E-state index in [1.165, 1.54) is 5.06 Å². The van der Waals surface area contributed by atoms with Gasteiger partial charge in [0, 0.05) is 17.5 Å². The minimum absolute atomic E-state index is 0.223. The van der Waals surface area contributed by atoms with Gasteiger partial charge in [0.15, 0.2) is 0 Å². The molecule has 3 nitrogen and oxygen atoms in total. The Bertz CT molecular complexity index is 263. The highest BCUT2D eigenvalue weighted by Gasteiger charge is 2.51. The van der Waals surface area contributed by atoms with Gasteiger partial charge in [-0.15, -0.1) is 0 Å². The molecule has 1 rings (SSSR count). The molecule has 15 heavy (non-hydrogen) atoms. The van der Waals surface area contributed by atoms with Crippen LogP contribution in [0.4, 0.5) is 0 Å². The second-order valence-electron chi connectivity index (χ2n) is 5.56. The zero-order valence-electron chi connectivity index (χ0n) is 9.88. The third-order valence-corrected chi connectivity index (χ3v) is 4.34. The Morgan fingerprint density at radius 1 is 1.47 bits per heavy atom. The van der Waals surface area contributed by atoms with Gasteiger partial charge in [0.2, 0.25) is 0 Å². The molecule has 88 valence electrons. The number of hydrogen-bond acceptors (Lipinski definition) is 3. The van der Waals surface area contributed by atoms with E-state index in [2.05, 4.69) is 22.6 Å². The van der Waals surface area contributed by atoms with E-state index in [4.69, 9.17) is 0 Å². The van der Waals surface area contributed by atoms with Crippen LogP contribution >= 0.6 is 22.6 Å². The van der Waals surface area contributed by atoms with Crippen molar-refractivity contribution in [3.63, 3.8) is 0 Å². The molecule has 1 heterocycles. The molecule has 0 spiro atoms. The highest BCUT2D eigenvalue weighted by molar-refractivity contribution is 14.1.